The van der Waals surface area contributed by atoms with Crippen LogP contribution in [0.15, 0.2) is 42.5 Å². The summed E-state index contributed by atoms with van der Waals surface area (Å²) in [5, 5.41) is 9.27. The van der Waals surface area contributed by atoms with Gasteiger partial charge >= 0.3 is 0 Å². The number of aliphatic hydroxyl groups is 1. The SMILES string of the molecule is Cc1ccc(C(=O)N(Cc2ccccc2)C[C@H](C)CO)c(F)c1F. The number of benzene rings is 2. The molecule has 2 rings (SSSR count). The first-order valence-electron chi connectivity index (χ1n) is 7.82. The van der Waals surface area contributed by atoms with Crippen LogP contribution in [0.2, 0.25) is 0 Å². The number of rotatable bonds is 6. The number of amides is 1. The second-order valence-electron chi connectivity index (χ2n) is 6.02. The summed E-state index contributed by atoms with van der Waals surface area (Å²) in [5.74, 6) is -2.89. The van der Waals surface area contributed by atoms with Gasteiger partial charge in [0.05, 0.1) is 5.56 Å². The van der Waals surface area contributed by atoms with Crippen molar-refractivity contribution in [2.24, 2.45) is 5.92 Å². The lowest BCUT2D eigenvalue weighted by atomic mass is 10.1. The molecule has 0 saturated carbocycles. The highest BCUT2D eigenvalue weighted by Gasteiger charge is 2.23. The Hall–Kier alpha value is -2.27. The summed E-state index contributed by atoms with van der Waals surface area (Å²) in [5.41, 5.74) is 0.741. The van der Waals surface area contributed by atoms with Gasteiger partial charge in [-0.25, -0.2) is 8.78 Å². The van der Waals surface area contributed by atoms with Crippen molar-refractivity contribution in [2.75, 3.05) is 13.2 Å². The Labute approximate surface area is 140 Å². The van der Waals surface area contributed by atoms with Gasteiger partial charge in [0, 0.05) is 19.7 Å². The number of nitrogens with zero attached hydrogens (tertiary/aromatic N) is 1. The van der Waals surface area contributed by atoms with E-state index in [1.807, 2.05) is 30.3 Å². The van der Waals surface area contributed by atoms with Gasteiger partial charge in [-0.2, -0.15) is 0 Å². The van der Waals surface area contributed by atoms with Gasteiger partial charge in [-0.05, 0) is 30.0 Å². The van der Waals surface area contributed by atoms with Crippen LogP contribution in [0.4, 0.5) is 8.78 Å². The number of halogens is 2. The lowest BCUT2D eigenvalue weighted by Crippen LogP contribution is -2.36. The number of aliphatic hydroxyl groups excluding tert-OH is 1. The quantitative estimate of drug-likeness (QED) is 0.878. The third-order valence-corrected chi connectivity index (χ3v) is 3.85. The van der Waals surface area contributed by atoms with Crippen molar-refractivity contribution in [1.82, 2.24) is 4.90 Å². The van der Waals surface area contributed by atoms with Crippen LogP contribution in [0.25, 0.3) is 0 Å². The standard InChI is InChI=1S/C19H21F2NO2/c1-13(12-23)10-22(11-15-6-4-3-5-7-15)19(24)16-9-8-14(2)17(20)18(16)21/h3-9,13,23H,10-12H2,1-2H3/t13-/m0/s1. The average Bonchev–Trinajstić information content (AvgIpc) is 2.59. The van der Waals surface area contributed by atoms with E-state index in [-0.39, 0.29) is 36.7 Å². The molecule has 1 atom stereocenters. The Morgan fingerprint density at radius 3 is 2.42 bits per heavy atom. The smallest absolute Gasteiger partial charge is 0.257 e. The monoisotopic (exact) mass is 333 g/mol. The molecule has 24 heavy (non-hydrogen) atoms. The van der Waals surface area contributed by atoms with E-state index in [0.29, 0.717) is 0 Å². The zero-order valence-corrected chi connectivity index (χ0v) is 13.8. The molecule has 2 aromatic carbocycles. The number of hydrogen-bond donors (Lipinski definition) is 1. The maximum Gasteiger partial charge on any atom is 0.257 e. The van der Waals surface area contributed by atoms with Crippen LogP contribution in [0.3, 0.4) is 0 Å². The van der Waals surface area contributed by atoms with Gasteiger partial charge in [-0.15, -0.1) is 0 Å². The topological polar surface area (TPSA) is 40.5 Å². The minimum Gasteiger partial charge on any atom is -0.396 e. The Bertz CT molecular complexity index is 704. The van der Waals surface area contributed by atoms with E-state index in [0.717, 1.165) is 5.56 Å². The van der Waals surface area contributed by atoms with Crippen LogP contribution in [0, 0.1) is 24.5 Å². The number of carbonyl (C=O) groups is 1. The van der Waals surface area contributed by atoms with Crippen molar-refractivity contribution >= 4 is 5.91 Å². The van der Waals surface area contributed by atoms with Crippen LogP contribution in [0.5, 0.6) is 0 Å². The van der Waals surface area contributed by atoms with Crippen molar-refractivity contribution in [3.8, 4) is 0 Å². The zero-order valence-electron chi connectivity index (χ0n) is 13.8. The molecule has 0 saturated heterocycles. The van der Waals surface area contributed by atoms with Crippen LogP contribution >= 0.6 is 0 Å². The first kappa shape index (κ1) is 18.1. The molecule has 1 N–H and O–H groups in total. The highest BCUT2D eigenvalue weighted by molar-refractivity contribution is 5.94. The molecular weight excluding hydrogens is 312 g/mol. The van der Waals surface area contributed by atoms with Crippen LogP contribution in [0.1, 0.15) is 28.4 Å². The third-order valence-electron chi connectivity index (χ3n) is 3.85. The fourth-order valence-electron chi connectivity index (χ4n) is 2.44. The maximum atomic E-state index is 14.2. The summed E-state index contributed by atoms with van der Waals surface area (Å²) >= 11 is 0. The first-order chi connectivity index (χ1) is 11.4. The number of hydrogen-bond acceptors (Lipinski definition) is 2. The number of carbonyl (C=O) groups excluding carboxylic acids is 1. The van der Waals surface area contributed by atoms with E-state index < -0.39 is 17.5 Å². The molecule has 0 spiro atoms. The van der Waals surface area contributed by atoms with Gasteiger partial charge in [0.15, 0.2) is 11.6 Å². The van der Waals surface area contributed by atoms with Gasteiger partial charge in [0.1, 0.15) is 0 Å². The van der Waals surface area contributed by atoms with E-state index in [1.54, 1.807) is 6.92 Å². The second-order valence-corrected chi connectivity index (χ2v) is 6.02. The molecule has 0 unspecified atom stereocenters. The van der Waals surface area contributed by atoms with Gasteiger partial charge < -0.3 is 10.0 Å². The van der Waals surface area contributed by atoms with Gasteiger partial charge in [0.2, 0.25) is 0 Å². The van der Waals surface area contributed by atoms with Gasteiger partial charge in [-0.3, -0.25) is 4.79 Å². The molecule has 0 aliphatic heterocycles. The molecular formula is C19H21F2NO2. The number of aryl methyl sites for hydroxylation is 1. The summed E-state index contributed by atoms with van der Waals surface area (Å²) in [6.07, 6.45) is 0. The molecule has 0 heterocycles. The predicted octanol–water partition coefficient (Wildman–Crippen LogP) is 3.54. The van der Waals surface area contributed by atoms with E-state index in [1.165, 1.54) is 24.0 Å². The summed E-state index contributed by atoms with van der Waals surface area (Å²) < 4.78 is 27.9. The molecule has 2 aromatic rings. The van der Waals surface area contributed by atoms with Crippen LogP contribution in [-0.2, 0) is 6.54 Å². The Kier molecular flexibility index (Phi) is 6.04. The zero-order chi connectivity index (χ0) is 17.7. The Balaban J connectivity index is 2.32. The molecule has 0 aromatic heterocycles. The van der Waals surface area contributed by atoms with Crippen molar-refractivity contribution in [3.05, 3.63) is 70.8 Å². The van der Waals surface area contributed by atoms with Crippen molar-refractivity contribution in [1.29, 1.82) is 0 Å². The molecule has 0 bridgehead atoms. The first-order valence-corrected chi connectivity index (χ1v) is 7.82. The average molecular weight is 333 g/mol. The molecule has 0 aliphatic carbocycles. The Morgan fingerprint density at radius 1 is 1.12 bits per heavy atom. The lowest BCUT2D eigenvalue weighted by molar-refractivity contribution is 0.0688. The predicted molar refractivity (Wildman–Crippen MR) is 88.5 cm³/mol. The van der Waals surface area contributed by atoms with Gasteiger partial charge in [0.25, 0.3) is 5.91 Å². The lowest BCUT2D eigenvalue weighted by Gasteiger charge is -2.26. The normalized spacial score (nSPS) is 12.0. The van der Waals surface area contributed by atoms with Crippen molar-refractivity contribution < 1.29 is 18.7 Å². The summed E-state index contributed by atoms with van der Waals surface area (Å²) in [6.45, 7) is 3.65. The third kappa shape index (κ3) is 4.17. The molecule has 128 valence electrons. The highest BCUT2D eigenvalue weighted by atomic mass is 19.2. The van der Waals surface area contributed by atoms with E-state index in [4.69, 9.17) is 0 Å². The van der Waals surface area contributed by atoms with Gasteiger partial charge in [-0.1, -0.05) is 43.3 Å². The summed E-state index contributed by atoms with van der Waals surface area (Å²) in [4.78, 5) is 14.2. The molecule has 3 nitrogen and oxygen atoms in total. The Morgan fingerprint density at radius 2 is 1.79 bits per heavy atom. The summed E-state index contributed by atoms with van der Waals surface area (Å²) in [7, 11) is 0. The fourth-order valence-corrected chi connectivity index (χ4v) is 2.44. The van der Waals surface area contributed by atoms with Crippen molar-refractivity contribution in [2.45, 2.75) is 20.4 Å². The molecule has 1 amide bonds. The van der Waals surface area contributed by atoms with Crippen LogP contribution in [-0.4, -0.2) is 29.1 Å². The molecule has 0 fully saturated rings. The van der Waals surface area contributed by atoms with E-state index in [9.17, 15) is 18.7 Å². The van der Waals surface area contributed by atoms with Crippen molar-refractivity contribution in [3.63, 3.8) is 0 Å². The molecule has 0 radical (unpaired) electrons. The van der Waals surface area contributed by atoms with E-state index in [2.05, 4.69) is 0 Å². The maximum absolute atomic E-state index is 14.2. The van der Waals surface area contributed by atoms with Crippen LogP contribution < -0.4 is 0 Å². The largest absolute Gasteiger partial charge is 0.396 e. The minimum atomic E-state index is -1.13. The molecule has 0 aliphatic rings. The fraction of sp³-hybridized carbons (Fsp3) is 0.316. The second kappa shape index (κ2) is 8.02. The molecule has 5 heteroatoms. The highest BCUT2D eigenvalue weighted by Crippen LogP contribution is 2.19. The van der Waals surface area contributed by atoms with E-state index >= 15 is 0 Å². The minimum absolute atomic E-state index is 0.0939. The summed E-state index contributed by atoms with van der Waals surface area (Å²) in [6, 6.07) is 12.0.